The van der Waals surface area contributed by atoms with Crippen molar-refractivity contribution in [2.24, 2.45) is 5.41 Å². The first kappa shape index (κ1) is 21.4. The van der Waals surface area contributed by atoms with Crippen molar-refractivity contribution in [1.29, 1.82) is 0 Å². The van der Waals surface area contributed by atoms with Gasteiger partial charge in [0.25, 0.3) is 5.91 Å². The highest BCUT2D eigenvalue weighted by Gasteiger charge is 2.60. The number of aromatic amines is 1. The molecule has 5 atom stereocenters. The lowest BCUT2D eigenvalue weighted by molar-refractivity contribution is -0.0115. The third-order valence-electron chi connectivity index (χ3n) is 8.47. The average Bonchev–Trinajstić information content (AvgIpc) is 3.48. The standard InChI is InChI=1S/C28H32N4O2/c1-28-17-22-23(15-18-9-4-3-5-10-18)32(26(28)14-8-13-25(28)29-22)27(33)21-16-20(30-31-21)19-11-6-7-12-24(19)34-2/h3-7,9-12,16,22-23,25-26,29H,8,13-15,17H2,1-2H3,(H,30,31)/t22-,23+,25-,26+,28-/m0/s1. The number of piperidine rings is 1. The number of H-pyrrole nitrogens is 1. The van der Waals surface area contributed by atoms with E-state index in [2.05, 4.69) is 57.7 Å². The molecule has 2 bridgehead atoms. The smallest absolute Gasteiger partial charge is 0.272 e. The average molecular weight is 457 g/mol. The number of nitrogens with one attached hydrogen (secondary N) is 2. The number of hydrogen-bond acceptors (Lipinski definition) is 4. The van der Waals surface area contributed by atoms with Gasteiger partial charge in [-0.05, 0) is 55.9 Å². The van der Waals surface area contributed by atoms with Crippen LogP contribution in [0.25, 0.3) is 11.3 Å². The van der Waals surface area contributed by atoms with Crippen LogP contribution < -0.4 is 10.1 Å². The van der Waals surface area contributed by atoms with Crippen LogP contribution in [0.2, 0.25) is 0 Å². The second-order valence-electron chi connectivity index (χ2n) is 10.3. The Balaban J connectivity index is 1.37. The van der Waals surface area contributed by atoms with Crippen molar-refractivity contribution >= 4 is 5.91 Å². The fourth-order valence-electron chi connectivity index (χ4n) is 6.83. The number of aromatic nitrogens is 2. The van der Waals surface area contributed by atoms with E-state index in [1.807, 2.05) is 30.3 Å². The third kappa shape index (κ3) is 3.35. The highest BCUT2D eigenvalue weighted by atomic mass is 16.5. The SMILES string of the molecule is COc1ccccc1-c1cc(C(=O)N2[C@H](Cc3ccccc3)[C@@H]3C[C@@]4(C)[C@H](CCC[C@@H]24)N3)[nH]n1. The molecule has 6 nitrogen and oxygen atoms in total. The van der Waals surface area contributed by atoms with Crippen LogP contribution in [-0.4, -0.2) is 52.3 Å². The summed E-state index contributed by atoms with van der Waals surface area (Å²) in [6.45, 7) is 2.39. The predicted octanol–water partition coefficient (Wildman–Crippen LogP) is 4.44. The molecule has 1 amide bonds. The largest absolute Gasteiger partial charge is 0.496 e. The predicted molar refractivity (Wildman–Crippen MR) is 132 cm³/mol. The number of hydrogen-bond donors (Lipinski definition) is 2. The topological polar surface area (TPSA) is 70.2 Å². The van der Waals surface area contributed by atoms with E-state index in [9.17, 15) is 4.79 Å². The number of para-hydroxylation sites is 1. The van der Waals surface area contributed by atoms with Crippen molar-refractivity contribution < 1.29 is 9.53 Å². The van der Waals surface area contributed by atoms with Gasteiger partial charge in [0.05, 0.1) is 18.8 Å². The van der Waals surface area contributed by atoms with Crippen molar-refractivity contribution in [2.45, 2.75) is 63.2 Å². The molecule has 2 saturated heterocycles. The van der Waals surface area contributed by atoms with Crippen molar-refractivity contribution in [3.05, 3.63) is 71.9 Å². The minimum atomic E-state index is 0.0554. The molecule has 1 saturated carbocycles. The van der Waals surface area contributed by atoms with Gasteiger partial charge in [-0.25, -0.2) is 0 Å². The molecule has 0 radical (unpaired) electrons. The van der Waals surface area contributed by atoms with Crippen LogP contribution in [0.1, 0.15) is 48.7 Å². The van der Waals surface area contributed by atoms with E-state index in [1.54, 1.807) is 7.11 Å². The number of amides is 1. The number of carbonyl (C=O) groups is 1. The fraction of sp³-hybridized carbons (Fsp3) is 0.429. The summed E-state index contributed by atoms with van der Waals surface area (Å²) in [7, 11) is 1.66. The molecule has 3 aromatic rings. The first-order chi connectivity index (χ1) is 16.6. The molecule has 2 aromatic carbocycles. The summed E-state index contributed by atoms with van der Waals surface area (Å²) >= 11 is 0. The van der Waals surface area contributed by atoms with Gasteiger partial charge in [0.15, 0.2) is 0 Å². The molecule has 34 heavy (non-hydrogen) atoms. The fourth-order valence-corrected chi connectivity index (χ4v) is 6.83. The highest BCUT2D eigenvalue weighted by molar-refractivity contribution is 5.94. The molecule has 6 rings (SSSR count). The first-order valence-electron chi connectivity index (χ1n) is 12.4. The Bertz CT molecular complexity index is 1190. The van der Waals surface area contributed by atoms with Gasteiger partial charge in [-0.15, -0.1) is 0 Å². The van der Waals surface area contributed by atoms with Gasteiger partial charge in [-0.1, -0.05) is 49.4 Å². The maximum Gasteiger partial charge on any atom is 0.272 e. The molecule has 3 aliphatic rings. The maximum absolute atomic E-state index is 14.2. The zero-order chi connectivity index (χ0) is 23.3. The molecule has 176 valence electrons. The summed E-state index contributed by atoms with van der Waals surface area (Å²) in [4.78, 5) is 16.4. The van der Waals surface area contributed by atoms with Crippen LogP contribution in [0.4, 0.5) is 0 Å². The summed E-state index contributed by atoms with van der Waals surface area (Å²) in [5, 5.41) is 11.5. The Morgan fingerprint density at radius 2 is 1.94 bits per heavy atom. The summed E-state index contributed by atoms with van der Waals surface area (Å²) in [6.07, 6.45) is 5.41. The van der Waals surface area contributed by atoms with Crippen molar-refractivity contribution in [3.8, 4) is 17.0 Å². The van der Waals surface area contributed by atoms with Crippen LogP contribution in [0.5, 0.6) is 5.75 Å². The van der Waals surface area contributed by atoms with Crippen LogP contribution in [0.15, 0.2) is 60.7 Å². The monoisotopic (exact) mass is 456 g/mol. The third-order valence-corrected chi connectivity index (χ3v) is 8.47. The molecule has 2 N–H and O–H groups in total. The molecule has 0 unspecified atom stereocenters. The normalized spacial score (nSPS) is 29.8. The Morgan fingerprint density at radius 1 is 1.15 bits per heavy atom. The van der Waals surface area contributed by atoms with E-state index < -0.39 is 0 Å². The van der Waals surface area contributed by atoms with E-state index in [4.69, 9.17) is 4.74 Å². The van der Waals surface area contributed by atoms with Gasteiger partial charge in [0, 0.05) is 29.1 Å². The van der Waals surface area contributed by atoms with E-state index >= 15 is 0 Å². The zero-order valence-corrected chi connectivity index (χ0v) is 19.8. The van der Waals surface area contributed by atoms with Crippen LogP contribution in [-0.2, 0) is 6.42 Å². The minimum Gasteiger partial charge on any atom is -0.496 e. The molecule has 0 spiro atoms. The second kappa shape index (κ2) is 8.27. The second-order valence-corrected chi connectivity index (χ2v) is 10.3. The number of fused-ring (bicyclic) bond motifs is 1. The molecule has 1 aromatic heterocycles. The van der Waals surface area contributed by atoms with Crippen LogP contribution >= 0.6 is 0 Å². The Labute approximate surface area is 200 Å². The zero-order valence-electron chi connectivity index (χ0n) is 19.8. The van der Waals surface area contributed by atoms with Gasteiger partial charge < -0.3 is 15.0 Å². The number of methoxy groups -OCH3 is 1. The first-order valence-corrected chi connectivity index (χ1v) is 12.4. The molecular formula is C28H32N4O2. The van der Waals surface area contributed by atoms with Crippen LogP contribution in [0, 0.1) is 5.41 Å². The Hall–Kier alpha value is -3.12. The lowest BCUT2D eigenvalue weighted by Gasteiger charge is -2.53. The van der Waals surface area contributed by atoms with Gasteiger partial charge in [0.2, 0.25) is 0 Å². The number of rotatable bonds is 5. The van der Waals surface area contributed by atoms with E-state index in [-0.39, 0.29) is 23.4 Å². The van der Waals surface area contributed by atoms with Crippen molar-refractivity contribution in [1.82, 2.24) is 20.4 Å². The highest BCUT2D eigenvalue weighted by Crippen LogP contribution is 2.52. The quantitative estimate of drug-likeness (QED) is 0.595. The summed E-state index contributed by atoms with van der Waals surface area (Å²) in [5.74, 6) is 0.803. The Morgan fingerprint density at radius 3 is 2.76 bits per heavy atom. The van der Waals surface area contributed by atoms with Gasteiger partial charge in [0.1, 0.15) is 11.4 Å². The number of carbonyl (C=O) groups excluding carboxylic acids is 1. The molecule has 3 heterocycles. The minimum absolute atomic E-state index is 0.0554. The molecule has 3 fully saturated rings. The lowest BCUT2D eigenvalue weighted by Crippen LogP contribution is -2.62. The lowest BCUT2D eigenvalue weighted by atomic mass is 9.64. The number of ether oxygens (including phenoxy) is 1. The van der Waals surface area contributed by atoms with Gasteiger partial charge in [-0.2, -0.15) is 5.10 Å². The summed E-state index contributed by atoms with van der Waals surface area (Å²) < 4.78 is 5.52. The summed E-state index contributed by atoms with van der Waals surface area (Å²) in [5.41, 5.74) is 3.55. The summed E-state index contributed by atoms with van der Waals surface area (Å²) in [6, 6.07) is 21.4. The van der Waals surface area contributed by atoms with Crippen molar-refractivity contribution in [3.63, 3.8) is 0 Å². The van der Waals surface area contributed by atoms with E-state index in [1.165, 1.54) is 12.0 Å². The molecule has 2 aliphatic heterocycles. The number of nitrogens with zero attached hydrogens (tertiary/aromatic N) is 2. The maximum atomic E-state index is 14.2. The van der Waals surface area contributed by atoms with Gasteiger partial charge >= 0.3 is 0 Å². The van der Waals surface area contributed by atoms with Crippen molar-refractivity contribution in [2.75, 3.05) is 7.11 Å². The van der Waals surface area contributed by atoms with Gasteiger partial charge in [-0.3, -0.25) is 9.89 Å². The molecule has 1 aliphatic carbocycles. The van der Waals surface area contributed by atoms with E-state index in [0.717, 1.165) is 42.7 Å². The van der Waals surface area contributed by atoms with E-state index in [0.29, 0.717) is 17.8 Å². The molecular weight excluding hydrogens is 424 g/mol. The Kier molecular flexibility index (Phi) is 5.21. The number of benzene rings is 2. The number of likely N-dealkylation sites (tertiary alicyclic amines) is 1. The van der Waals surface area contributed by atoms with Crippen LogP contribution in [0.3, 0.4) is 0 Å². The molecule has 6 heteroatoms.